The molecule has 2 atom stereocenters. The summed E-state index contributed by atoms with van der Waals surface area (Å²) in [5, 5.41) is 6.00. The number of carbonyl (C=O) groups is 2. The summed E-state index contributed by atoms with van der Waals surface area (Å²) in [7, 11) is 0. The molecule has 0 unspecified atom stereocenters. The molecule has 0 bridgehead atoms. The van der Waals surface area contributed by atoms with Gasteiger partial charge in [0.25, 0.3) is 5.91 Å². The highest BCUT2D eigenvalue weighted by Crippen LogP contribution is 2.32. The largest absolute Gasteiger partial charge is 0.352 e. The summed E-state index contributed by atoms with van der Waals surface area (Å²) < 4.78 is 0. The molecule has 0 heterocycles. The summed E-state index contributed by atoms with van der Waals surface area (Å²) in [6.45, 7) is 3.13. The predicted molar refractivity (Wildman–Crippen MR) is 99.8 cm³/mol. The van der Waals surface area contributed by atoms with Gasteiger partial charge in [0.2, 0.25) is 5.91 Å². The van der Waals surface area contributed by atoms with Gasteiger partial charge in [0, 0.05) is 18.2 Å². The molecular formula is C17H25Cl2N3O2. The Bertz CT molecular complexity index is 581. The van der Waals surface area contributed by atoms with Crippen molar-refractivity contribution in [2.45, 2.75) is 32.6 Å². The summed E-state index contributed by atoms with van der Waals surface area (Å²) in [5.41, 5.74) is 6.75. The molecule has 0 spiro atoms. The molecular weight excluding hydrogens is 349 g/mol. The van der Waals surface area contributed by atoms with Gasteiger partial charge in [-0.05, 0) is 49.9 Å². The lowest BCUT2D eigenvalue weighted by Gasteiger charge is -2.17. The zero-order valence-corrected chi connectivity index (χ0v) is 15.4. The summed E-state index contributed by atoms with van der Waals surface area (Å²) in [4.78, 5) is 24.3. The number of amides is 2. The molecule has 1 aromatic carbocycles. The van der Waals surface area contributed by atoms with E-state index < -0.39 is 0 Å². The predicted octanol–water partition coefficient (Wildman–Crippen LogP) is 3.22. The maximum atomic E-state index is 12.4. The number of halogens is 2. The summed E-state index contributed by atoms with van der Waals surface area (Å²) in [5.74, 6) is 0.00166. The van der Waals surface area contributed by atoms with Crippen LogP contribution < -0.4 is 16.4 Å². The van der Waals surface area contributed by atoms with Crippen molar-refractivity contribution >= 4 is 41.5 Å². The van der Waals surface area contributed by atoms with Crippen molar-refractivity contribution in [2.75, 3.05) is 18.4 Å². The van der Waals surface area contributed by atoms with Gasteiger partial charge in [-0.25, -0.2) is 0 Å². The molecule has 2 rings (SSSR count). The van der Waals surface area contributed by atoms with E-state index in [4.69, 9.17) is 17.3 Å². The Morgan fingerprint density at radius 2 is 2.08 bits per heavy atom. The summed E-state index contributed by atoms with van der Waals surface area (Å²) in [6, 6.07) is 4.96. The number of benzene rings is 1. The molecule has 1 aliphatic rings. The highest BCUT2D eigenvalue weighted by atomic mass is 35.5. The fourth-order valence-corrected chi connectivity index (χ4v) is 3.28. The van der Waals surface area contributed by atoms with Gasteiger partial charge in [-0.15, -0.1) is 12.4 Å². The molecule has 0 aromatic heterocycles. The third kappa shape index (κ3) is 5.10. The molecule has 4 N–H and O–H groups in total. The molecule has 1 aliphatic carbocycles. The van der Waals surface area contributed by atoms with Crippen LogP contribution in [0.4, 0.5) is 5.69 Å². The van der Waals surface area contributed by atoms with Gasteiger partial charge >= 0.3 is 0 Å². The number of carbonyl (C=O) groups excluding carboxylic acids is 2. The average molecular weight is 374 g/mol. The molecule has 0 radical (unpaired) electrons. The van der Waals surface area contributed by atoms with Crippen molar-refractivity contribution in [3.05, 3.63) is 28.8 Å². The van der Waals surface area contributed by atoms with Crippen molar-refractivity contribution in [3.8, 4) is 0 Å². The van der Waals surface area contributed by atoms with Gasteiger partial charge in [-0.2, -0.15) is 0 Å². The van der Waals surface area contributed by atoms with Crippen LogP contribution in [0.5, 0.6) is 0 Å². The lowest BCUT2D eigenvalue weighted by molar-refractivity contribution is -0.120. The third-order valence-electron chi connectivity index (χ3n) is 4.32. The molecule has 134 valence electrons. The topological polar surface area (TPSA) is 84.2 Å². The normalized spacial score (nSPS) is 19.5. The number of rotatable bonds is 6. The molecule has 0 aliphatic heterocycles. The Kier molecular flexibility index (Phi) is 8.53. The molecule has 5 nitrogen and oxygen atoms in total. The third-order valence-corrected chi connectivity index (χ3v) is 4.63. The molecule has 0 saturated heterocycles. The number of hydrogen-bond acceptors (Lipinski definition) is 3. The van der Waals surface area contributed by atoms with E-state index in [1.165, 1.54) is 0 Å². The van der Waals surface area contributed by atoms with Crippen LogP contribution in [0, 0.1) is 11.8 Å². The van der Waals surface area contributed by atoms with Gasteiger partial charge in [0.05, 0.1) is 10.6 Å². The second kappa shape index (κ2) is 9.87. The van der Waals surface area contributed by atoms with E-state index in [-0.39, 0.29) is 36.1 Å². The minimum absolute atomic E-state index is 0. The van der Waals surface area contributed by atoms with Gasteiger partial charge in [-0.1, -0.05) is 24.9 Å². The Morgan fingerprint density at radius 3 is 2.71 bits per heavy atom. The quantitative estimate of drug-likeness (QED) is 0.715. The Morgan fingerprint density at radius 1 is 1.33 bits per heavy atom. The standard InChI is InChI=1S/C17H24ClN3O2.ClH/c1-2-8-20-16(22)14-7-6-12(9-15(14)18)21-17(23)13-5-3-4-11(13)10-19;/h6-7,9,11,13H,2-5,8,10,19H2,1H3,(H,20,22)(H,21,23);1H/t11-,13-;/m1./s1. The molecule has 1 aromatic rings. The highest BCUT2D eigenvalue weighted by molar-refractivity contribution is 6.34. The van der Waals surface area contributed by atoms with E-state index >= 15 is 0 Å². The first-order valence-corrected chi connectivity index (χ1v) is 8.53. The van der Waals surface area contributed by atoms with Gasteiger partial charge < -0.3 is 16.4 Å². The first-order chi connectivity index (χ1) is 11.1. The maximum absolute atomic E-state index is 12.4. The van der Waals surface area contributed by atoms with Crippen molar-refractivity contribution < 1.29 is 9.59 Å². The molecule has 1 saturated carbocycles. The van der Waals surface area contributed by atoms with Crippen molar-refractivity contribution in [2.24, 2.45) is 17.6 Å². The summed E-state index contributed by atoms with van der Waals surface area (Å²) in [6.07, 6.45) is 3.78. The van der Waals surface area contributed by atoms with Crippen molar-refractivity contribution in [1.82, 2.24) is 5.32 Å². The zero-order chi connectivity index (χ0) is 16.8. The number of anilines is 1. The van der Waals surface area contributed by atoms with Crippen LogP contribution in [-0.2, 0) is 4.79 Å². The van der Waals surface area contributed by atoms with Crippen LogP contribution in [0.1, 0.15) is 43.0 Å². The monoisotopic (exact) mass is 373 g/mol. The fourth-order valence-electron chi connectivity index (χ4n) is 3.01. The van der Waals surface area contributed by atoms with Gasteiger partial charge in [0.15, 0.2) is 0 Å². The lowest BCUT2D eigenvalue weighted by Crippen LogP contribution is -2.29. The van der Waals surface area contributed by atoms with Gasteiger partial charge in [0.1, 0.15) is 0 Å². The summed E-state index contributed by atoms with van der Waals surface area (Å²) >= 11 is 6.17. The second-order valence-electron chi connectivity index (χ2n) is 5.97. The smallest absolute Gasteiger partial charge is 0.252 e. The van der Waals surface area contributed by atoms with E-state index in [2.05, 4.69) is 10.6 Å². The van der Waals surface area contributed by atoms with Crippen LogP contribution in [-0.4, -0.2) is 24.9 Å². The highest BCUT2D eigenvalue weighted by Gasteiger charge is 2.31. The first-order valence-electron chi connectivity index (χ1n) is 8.15. The molecule has 2 amide bonds. The van der Waals surface area contributed by atoms with E-state index in [1.807, 2.05) is 6.92 Å². The Balaban J connectivity index is 0.00000288. The fraction of sp³-hybridized carbons (Fsp3) is 0.529. The van der Waals surface area contributed by atoms with E-state index in [9.17, 15) is 9.59 Å². The van der Waals surface area contributed by atoms with Crippen LogP contribution in [0.2, 0.25) is 5.02 Å². The van der Waals surface area contributed by atoms with Crippen molar-refractivity contribution in [3.63, 3.8) is 0 Å². The van der Waals surface area contributed by atoms with Crippen LogP contribution in [0.25, 0.3) is 0 Å². The molecule has 1 fully saturated rings. The SMILES string of the molecule is CCCNC(=O)c1ccc(NC(=O)[C@@H]2CCC[C@@H]2CN)cc1Cl.Cl. The second-order valence-corrected chi connectivity index (χ2v) is 6.38. The number of nitrogens with one attached hydrogen (secondary N) is 2. The minimum atomic E-state index is -0.200. The zero-order valence-electron chi connectivity index (χ0n) is 13.8. The average Bonchev–Trinajstić information content (AvgIpc) is 3.01. The molecule has 7 heteroatoms. The van der Waals surface area contributed by atoms with Crippen LogP contribution in [0.3, 0.4) is 0 Å². The Hall–Kier alpha value is -1.30. The lowest BCUT2D eigenvalue weighted by atomic mass is 9.95. The van der Waals surface area contributed by atoms with Crippen LogP contribution in [0.15, 0.2) is 18.2 Å². The van der Waals surface area contributed by atoms with E-state index in [0.717, 1.165) is 25.7 Å². The van der Waals surface area contributed by atoms with Crippen molar-refractivity contribution in [1.29, 1.82) is 0 Å². The van der Waals surface area contributed by atoms with Crippen LogP contribution >= 0.6 is 24.0 Å². The van der Waals surface area contributed by atoms with E-state index in [1.54, 1.807) is 18.2 Å². The van der Waals surface area contributed by atoms with E-state index in [0.29, 0.717) is 29.4 Å². The number of hydrogen-bond donors (Lipinski definition) is 3. The Labute approximate surface area is 154 Å². The molecule has 24 heavy (non-hydrogen) atoms. The minimum Gasteiger partial charge on any atom is -0.352 e. The first kappa shape index (κ1) is 20.7. The van der Waals surface area contributed by atoms with Gasteiger partial charge in [-0.3, -0.25) is 9.59 Å². The number of nitrogens with two attached hydrogens (primary N) is 1. The maximum Gasteiger partial charge on any atom is 0.252 e.